The SMILES string of the molecule is COC(=O)C1CCCN1CCNC(=O)c1c[nH]c(-c2cc(Oc3ccc(CC(=O)Cc4cc(C)ccc4F)cc3)ccn2)c1. The van der Waals surface area contributed by atoms with E-state index in [2.05, 4.69) is 15.3 Å². The molecule has 9 nitrogen and oxygen atoms in total. The van der Waals surface area contributed by atoms with Gasteiger partial charge in [-0.3, -0.25) is 24.3 Å². The molecular formula is C34H35FN4O5. The number of amides is 1. The third-order valence-electron chi connectivity index (χ3n) is 7.62. The number of hydrogen-bond donors (Lipinski definition) is 2. The number of nitrogens with zero attached hydrogens (tertiary/aromatic N) is 2. The molecule has 1 aliphatic rings. The number of ether oxygens (including phenoxy) is 2. The number of Topliss-reactive ketones (excluding diaryl/α,β-unsaturated/α-hetero) is 1. The van der Waals surface area contributed by atoms with E-state index in [1.807, 2.05) is 24.0 Å². The average molecular weight is 599 g/mol. The number of methoxy groups -OCH3 is 1. The Morgan fingerprint density at radius 2 is 1.86 bits per heavy atom. The molecule has 1 saturated heterocycles. The van der Waals surface area contributed by atoms with Crippen molar-refractivity contribution < 1.29 is 28.2 Å². The lowest BCUT2D eigenvalue weighted by atomic mass is 10.0. The van der Waals surface area contributed by atoms with Crippen LogP contribution in [0.5, 0.6) is 11.5 Å². The molecule has 2 N–H and O–H groups in total. The molecule has 1 amide bonds. The molecule has 1 fully saturated rings. The lowest BCUT2D eigenvalue weighted by Crippen LogP contribution is -2.41. The number of ketones is 1. The van der Waals surface area contributed by atoms with Gasteiger partial charge in [0, 0.05) is 44.4 Å². The molecule has 0 bridgehead atoms. The van der Waals surface area contributed by atoms with Crippen molar-refractivity contribution in [3.8, 4) is 22.9 Å². The van der Waals surface area contributed by atoms with Crippen molar-refractivity contribution in [2.75, 3.05) is 26.7 Å². The van der Waals surface area contributed by atoms with Crippen molar-refractivity contribution in [2.45, 2.75) is 38.6 Å². The number of rotatable bonds is 12. The zero-order valence-corrected chi connectivity index (χ0v) is 24.8. The first kappa shape index (κ1) is 30.6. The molecule has 0 spiro atoms. The Kier molecular flexibility index (Phi) is 9.81. The van der Waals surface area contributed by atoms with Gasteiger partial charge < -0.3 is 19.8 Å². The molecular weight excluding hydrogens is 563 g/mol. The largest absolute Gasteiger partial charge is 0.468 e. The van der Waals surface area contributed by atoms with E-state index in [9.17, 15) is 18.8 Å². The van der Waals surface area contributed by atoms with Gasteiger partial charge in [0.25, 0.3) is 5.91 Å². The van der Waals surface area contributed by atoms with Crippen LogP contribution in [0.1, 0.15) is 39.9 Å². The number of H-pyrrole nitrogens is 1. The minimum atomic E-state index is -0.368. The van der Waals surface area contributed by atoms with Gasteiger partial charge in [0.05, 0.1) is 24.1 Å². The molecule has 5 rings (SSSR count). The number of aromatic nitrogens is 2. The van der Waals surface area contributed by atoms with Gasteiger partial charge in [0.15, 0.2) is 0 Å². The Balaban J connectivity index is 1.13. The highest BCUT2D eigenvalue weighted by atomic mass is 19.1. The summed E-state index contributed by atoms with van der Waals surface area (Å²) in [6, 6.07) is 16.9. The number of pyridine rings is 1. The normalized spacial score (nSPS) is 14.8. The van der Waals surface area contributed by atoms with Crippen molar-refractivity contribution in [1.82, 2.24) is 20.2 Å². The number of halogens is 1. The quantitative estimate of drug-likeness (QED) is 0.220. The molecule has 1 unspecified atom stereocenters. The summed E-state index contributed by atoms with van der Waals surface area (Å²) in [4.78, 5) is 46.7. The number of benzene rings is 2. The lowest BCUT2D eigenvalue weighted by molar-refractivity contribution is -0.145. The number of aromatic amines is 1. The Morgan fingerprint density at radius 1 is 1.05 bits per heavy atom. The molecule has 228 valence electrons. The van der Waals surface area contributed by atoms with Gasteiger partial charge in [-0.25, -0.2) is 4.39 Å². The molecule has 2 aromatic heterocycles. The van der Waals surface area contributed by atoms with Crippen LogP contribution in [-0.2, 0) is 27.2 Å². The Labute approximate surface area is 255 Å². The molecule has 3 heterocycles. The fourth-order valence-electron chi connectivity index (χ4n) is 5.36. The summed E-state index contributed by atoms with van der Waals surface area (Å²) < 4.78 is 24.9. The van der Waals surface area contributed by atoms with Gasteiger partial charge in [-0.2, -0.15) is 0 Å². The van der Waals surface area contributed by atoms with Crippen LogP contribution in [0, 0.1) is 12.7 Å². The zero-order chi connectivity index (χ0) is 31.1. The topological polar surface area (TPSA) is 114 Å². The van der Waals surface area contributed by atoms with Crippen LogP contribution in [0.25, 0.3) is 11.4 Å². The average Bonchev–Trinajstić information content (AvgIpc) is 3.70. The maximum Gasteiger partial charge on any atom is 0.323 e. The monoisotopic (exact) mass is 598 g/mol. The van der Waals surface area contributed by atoms with Crippen LogP contribution < -0.4 is 10.1 Å². The summed E-state index contributed by atoms with van der Waals surface area (Å²) in [5.74, 6) is 0.241. The van der Waals surface area contributed by atoms with Gasteiger partial charge in [0.1, 0.15) is 29.1 Å². The molecule has 10 heteroatoms. The summed E-state index contributed by atoms with van der Waals surface area (Å²) in [5.41, 5.74) is 3.86. The molecule has 44 heavy (non-hydrogen) atoms. The lowest BCUT2D eigenvalue weighted by Gasteiger charge is -2.22. The van der Waals surface area contributed by atoms with Crippen LogP contribution in [0.15, 0.2) is 73.1 Å². The van der Waals surface area contributed by atoms with Crippen LogP contribution in [0.4, 0.5) is 4.39 Å². The van der Waals surface area contributed by atoms with Crippen molar-refractivity contribution in [2.24, 2.45) is 0 Å². The fourth-order valence-corrected chi connectivity index (χ4v) is 5.36. The summed E-state index contributed by atoms with van der Waals surface area (Å²) in [6.07, 6.45) is 5.18. The predicted octanol–water partition coefficient (Wildman–Crippen LogP) is 5.04. The third kappa shape index (κ3) is 7.76. The highest BCUT2D eigenvalue weighted by Gasteiger charge is 2.31. The van der Waals surface area contributed by atoms with Crippen LogP contribution in [0.2, 0.25) is 0 Å². The van der Waals surface area contributed by atoms with E-state index in [1.54, 1.807) is 54.9 Å². The second-order valence-electron chi connectivity index (χ2n) is 10.9. The number of likely N-dealkylation sites (tertiary alicyclic amines) is 1. The maximum atomic E-state index is 14.0. The Bertz CT molecular complexity index is 1630. The van der Waals surface area contributed by atoms with Crippen LogP contribution in [0.3, 0.4) is 0 Å². The first-order chi connectivity index (χ1) is 21.3. The van der Waals surface area contributed by atoms with E-state index in [1.165, 1.54) is 13.2 Å². The van der Waals surface area contributed by atoms with Crippen molar-refractivity contribution in [3.05, 3.63) is 101 Å². The fraction of sp³-hybridized carbons (Fsp3) is 0.294. The zero-order valence-electron chi connectivity index (χ0n) is 24.8. The molecule has 0 saturated carbocycles. The first-order valence-corrected chi connectivity index (χ1v) is 14.6. The third-order valence-corrected chi connectivity index (χ3v) is 7.62. The van der Waals surface area contributed by atoms with Crippen molar-refractivity contribution >= 4 is 17.7 Å². The van der Waals surface area contributed by atoms with E-state index in [0.717, 1.165) is 30.5 Å². The molecule has 2 aromatic carbocycles. The Hall–Kier alpha value is -4.83. The number of carbonyl (C=O) groups is 3. The maximum absolute atomic E-state index is 14.0. The summed E-state index contributed by atoms with van der Waals surface area (Å²) in [7, 11) is 1.39. The summed E-state index contributed by atoms with van der Waals surface area (Å²) in [5, 5.41) is 2.91. The highest BCUT2D eigenvalue weighted by Crippen LogP contribution is 2.26. The number of nitrogens with one attached hydrogen (secondary N) is 2. The van der Waals surface area contributed by atoms with E-state index >= 15 is 0 Å². The van der Waals surface area contributed by atoms with Crippen LogP contribution in [-0.4, -0.2) is 65.3 Å². The number of aryl methyl sites for hydroxylation is 1. The van der Waals surface area contributed by atoms with Gasteiger partial charge >= 0.3 is 5.97 Å². The Morgan fingerprint density at radius 3 is 2.66 bits per heavy atom. The van der Waals surface area contributed by atoms with Gasteiger partial charge in [-0.15, -0.1) is 0 Å². The number of esters is 1. The minimum absolute atomic E-state index is 0.0454. The minimum Gasteiger partial charge on any atom is -0.468 e. The second kappa shape index (κ2) is 14.1. The predicted molar refractivity (Wildman–Crippen MR) is 163 cm³/mol. The molecule has 4 aromatic rings. The van der Waals surface area contributed by atoms with E-state index in [0.29, 0.717) is 47.1 Å². The van der Waals surface area contributed by atoms with Crippen molar-refractivity contribution in [3.63, 3.8) is 0 Å². The molecule has 0 radical (unpaired) electrons. The standard InChI is InChI=1S/C34H35FN4O5/c1-22-5-10-29(35)24(16-22)18-26(40)17-23-6-8-27(9-7-23)44-28-11-12-36-31(20-28)30-19-25(21-38-30)33(41)37-13-15-39-14-3-4-32(39)34(42)43-2/h5-12,16,19-21,32,38H,3-4,13-15,17-18H2,1-2H3,(H,37,41). The first-order valence-electron chi connectivity index (χ1n) is 14.6. The summed E-state index contributed by atoms with van der Waals surface area (Å²) >= 11 is 0. The summed E-state index contributed by atoms with van der Waals surface area (Å²) in [6.45, 7) is 3.64. The number of carbonyl (C=O) groups excluding carboxylic acids is 3. The number of hydrogen-bond acceptors (Lipinski definition) is 7. The molecule has 0 aliphatic carbocycles. The van der Waals surface area contributed by atoms with Crippen molar-refractivity contribution in [1.29, 1.82) is 0 Å². The molecule has 1 atom stereocenters. The molecule has 1 aliphatic heterocycles. The van der Waals surface area contributed by atoms with Gasteiger partial charge in [-0.1, -0.05) is 29.8 Å². The van der Waals surface area contributed by atoms with Gasteiger partial charge in [0.2, 0.25) is 0 Å². The smallest absolute Gasteiger partial charge is 0.323 e. The van der Waals surface area contributed by atoms with E-state index in [4.69, 9.17) is 9.47 Å². The van der Waals surface area contributed by atoms with Gasteiger partial charge in [-0.05, 0) is 67.8 Å². The highest BCUT2D eigenvalue weighted by molar-refractivity contribution is 5.95. The van der Waals surface area contributed by atoms with E-state index < -0.39 is 0 Å². The second-order valence-corrected chi connectivity index (χ2v) is 10.9. The van der Waals surface area contributed by atoms with E-state index in [-0.39, 0.29) is 42.4 Å². The van der Waals surface area contributed by atoms with Crippen LogP contribution >= 0.6 is 0 Å².